The molecule has 2 heterocycles. The molecule has 1 aliphatic rings. The third-order valence-corrected chi connectivity index (χ3v) is 5.02. The second-order valence-electron chi connectivity index (χ2n) is 7.22. The van der Waals surface area contributed by atoms with Crippen molar-refractivity contribution in [2.45, 2.75) is 40.5 Å². The molecule has 26 heavy (non-hydrogen) atoms. The highest BCUT2D eigenvalue weighted by Gasteiger charge is 2.24. The zero-order valence-electron chi connectivity index (χ0n) is 16.2. The van der Waals surface area contributed by atoms with Gasteiger partial charge in [-0.25, -0.2) is 9.97 Å². The Morgan fingerprint density at radius 2 is 1.92 bits per heavy atom. The molecular weight excluding hydrogens is 324 g/mol. The van der Waals surface area contributed by atoms with E-state index in [1.807, 2.05) is 24.0 Å². The molecule has 138 valence electrons. The zero-order chi connectivity index (χ0) is 18.7. The van der Waals surface area contributed by atoms with Crippen molar-refractivity contribution >= 4 is 17.4 Å². The van der Waals surface area contributed by atoms with Crippen LogP contribution in [0.1, 0.15) is 48.6 Å². The van der Waals surface area contributed by atoms with Gasteiger partial charge in [-0.2, -0.15) is 0 Å². The molecule has 1 aromatic heterocycles. The fourth-order valence-corrected chi connectivity index (χ4v) is 3.45. The van der Waals surface area contributed by atoms with Crippen LogP contribution < -0.4 is 4.90 Å². The van der Waals surface area contributed by atoms with Gasteiger partial charge in [0.25, 0.3) is 5.91 Å². The van der Waals surface area contributed by atoms with Crippen molar-refractivity contribution in [1.82, 2.24) is 14.9 Å². The molecule has 5 heteroatoms. The maximum atomic E-state index is 12.9. The Bertz CT molecular complexity index is 781. The smallest absolute Gasteiger partial charge is 0.272 e. The highest BCUT2D eigenvalue weighted by Crippen LogP contribution is 2.25. The number of rotatable bonds is 4. The van der Waals surface area contributed by atoms with Crippen molar-refractivity contribution in [2.75, 3.05) is 24.5 Å². The Labute approximate surface area is 156 Å². The Hall–Kier alpha value is -2.43. The summed E-state index contributed by atoms with van der Waals surface area (Å²) in [5.41, 5.74) is 2.77. The molecule has 0 spiro atoms. The lowest BCUT2D eigenvalue weighted by Gasteiger charge is -2.30. The number of likely N-dealkylation sites (tertiary alicyclic amines) is 1. The quantitative estimate of drug-likeness (QED) is 0.830. The number of hydrogen-bond acceptors (Lipinski definition) is 4. The number of anilines is 2. The second-order valence-corrected chi connectivity index (χ2v) is 7.22. The largest absolute Gasteiger partial charge is 0.337 e. The van der Waals surface area contributed by atoms with E-state index < -0.39 is 0 Å². The van der Waals surface area contributed by atoms with E-state index in [1.165, 1.54) is 5.56 Å². The Morgan fingerprint density at radius 1 is 1.19 bits per heavy atom. The number of carbonyl (C=O) groups is 1. The van der Waals surface area contributed by atoms with Crippen LogP contribution in [0.15, 0.2) is 30.3 Å². The number of aryl methyl sites for hydroxylation is 2. The molecule has 0 radical (unpaired) electrons. The molecule has 3 rings (SSSR count). The minimum atomic E-state index is 0.0175. The van der Waals surface area contributed by atoms with Gasteiger partial charge in [-0.15, -0.1) is 0 Å². The van der Waals surface area contributed by atoms with Crippen LogP contribution in [0, 0.1) is 19.8 Å². The van der Waals surface area contributed by atoms with Gasteiger partial charge in [-0.1, -0.05) is 19.1 Å². The van der Waals surface area contributed by atoms with Crippen molar-refractivity contribution in [1.29, 1.82) is 0 Å². The first-order valence-electron chi connectivity index (χ1n) is 9.47. The monoisotopic (exact) mass is 352 g/mol. The van der Waals surface area contributed by atoms with Crippen molar-refractivity contribution in [3.63, 3.8) is 0 Å². The molecule has 0 bridgehead atoms. The van der Waals surface area contributed by atoms with Gasteiger partial charge in [0, 0.05) is 31.4 Å². The van der Waals surface area contributed by atoms with Crippen LogP contribution in [0.3, 0.4) is 0 Å². The maximum absolute atomic E-state index is 12.9. The van der Waals surface area contributed by atoms with Crippen molar-refractivity contribution in [3.05, 3.63) is 47.4 Å². The van der Waals surface area contributed by atoms with Crippen LogP contribution in [0.25, 0.3) is 0 Å². The van der Waals surface area contributed by atoms with Gasteiger partial charge in [-0.3, -0.25) is 4.79 Å². The fraction of sp³-hybridized carbons (Fsp3) is 0.476. The molecule has 2 aromatic rings. The van der Waals surface area contributed by atoms with Gasteiger partial charge in [0.2, 0.25) is 0 Å². The topological polar surface area (TPSA) is 49.3 Å². The Kier molecular flexibility index (Phi) is 5.55. The molecule has 1 aliphatic heterocycles. The predicted molar refractivity (Wildman–Crippen MR) is 105 cm³/mol. The summed E-state index contributed by atoms with van der Waals surface area (Å²) in [6.07, 6.45) is 2.13. The first-order chi connectivity index (χ1) is 12.5. The zero-order valence-corrected chi connectivity index (χ0v) is 16.2. The SMILES string of the molecule is CCN(c1cccc(C)c1)c1cc(C(=O)N2CCC(C)CC2)nc(C)n1. The minimum absolute atomic E-state index is 0.0175. The van der Waals surface area contributed by atoms with Gasteiger partial charge in [0.1, 0.15) is 17.3 Å². The summed E-state index contributed by atoms with van der Waals surface area (Å²) in [5.74, 6) is 2.12. The number of hydrogen-bond donors (Lipinski definition) is 0. The maximum Gasteiger partial charge on any atom is 0.272 e. The number of carbonyl (C=O) groups excluding carboxylic acids is 1. The average Bonchev–Trinajstić information content (AvgIpc) is 2.62. The summed E-state index contributed by atoms with van der Waals surface area (Å²) < 4.78 is 0. The van der Waals surface area contributed by atoms with E-state index in [0.29, 0.717) is 17.4 Å². The second kappa shape index (κ2) is 7.85. The van der Waals surface area contributed by atoms with Gasteiger partial charge in [0.15, 0.2) is 0 Å². The normalized spacial score (nSPS) is 15.2. The molecule has 0 unspecified atom stereocenters. The fourth-order valence-electron chi connectivity index (χ4n) is 3.45. The van der Waals surface area contributed by atoms with Crippen LogP contribution >= 0.6 is 0 Å². The first-order valence-corrected chi connectivity index (χ1v) is 9.47. The highest BCUT2D eigenvalue weighted by atomic mass is 16.2. The van der Waals surface area contributed by atoms with Crippen LogP contribution in [-0.2, 0) is 0 Å². The van der Waals surface area contributed by atoms with E-state index >= 15 is 0 Å². The van der Waals surface area contributed by atoms with Crippen LogP contribution in [0.5, 0.6) is 0 Å². The Morgan fingerprint density at radius 3 is 2.58 bits per heavy atom. The van der Waals surface area contributed by atoms with Crippen molar-refractivity contribution in [2.24, 2.45) is 5.92 Å². The van der Waals surface area contributed by atoms with Gasteiger partial charge < -0.3 is 9.80 Å². The molecule has 0 saturated carbocycles. The highest BCUT2D eigenvalue weighted by molar-refractivity contribution is 5.93. The molecule has 5 nitrogen and oxygen atoms in total. The molecule has 1 fully saturated rings. The predicted octanol–water partition coefficient (Wildman–Crippen LogP) is 4.12. The van der Waals surface area contributed by atoms with Gasteiger partial charge >= 0.3 is 0 Å². The standard InChI is InChI=1S/C21H28N4O/c1-5-25(18-8-6-7-16(3)13-18)20-14-19(22-17(4)23-20)21(26)24-11-9-15(2)10-12-24/h6-8,13-15H,5,9-12H2,1-4H3. The van der Waals surface area contributed by atoms with Gasteiger partial charge in [-0.05, 0) is 57.2 Å². The van der Waals surface area contributed by atoms with E-state index in [1.54, 1.807) is 0 Å². The number of piperidine rings is 1. The number of nitrogens with zero attached hydrogens (tertiary/aromatic N) is 4. The lowest BCUT2D eigenvalue weighted by molar-refractivity contribution is 0.0691. The third-order valence-electron chi connectivity index (χ3n) is 5.02. The van der Waals surface area contributed by atoms with E-state index in [4.69, 9.17) is 0 Å². The third kappa shape index (κ3) is 4.03. The van der Waals surface area contributed by atoms with Crippen LogP contribution in [-0.4, -0.2) is 40.4 Å². The van der Waals surface area contributed by atoms with Crippen molar-refractivity contribution < 1.29 is 4.79 Å². The molecule has 1 saturated heterocycles. The summed E-state index contributed by atoms with van der Waals surface area (Å²) in [6.45, 7) is 10.7. The Balaban J connectivity index is 1.90. The molecular formula is C21H28N4O. The van der Waals surface area contributed by atoms with Crippen molar-refractivity contribution in [3.8, 4) is 0 Å². The summed E-state index contributed by atoms with van der Waals surface area (Å²) >= 11 is 0. The number of benzene rings is 1. The van der Waals surface area contributed by atoms with Gasteiger partial charge in [0.05, 0.1) is 0 Å². The molecule has 0 N–H and O–H groups in total. The molecule has 0 aliphatic carbocycles. The van der Waals surface area contributed by atoms with Crippen LogP contribution in [0.4, 0.5) is 11.5 Å². The summed E-state index contributed by atoms with van der Waals surface area (Å²) in [5, 5.41) is 0. The number of aromatic nitrogens is 2. The first kappa shape index (κ1) is 18.4. The van der Waals surface area contributed by atoms with E-state index in [-0.39, 0.29) is 5.91 Å². The van der Waals surface area contributed by atoms with E-state index in [9.17, 15) is 4.79 Å². The summed E-state index contributed by atoms with van der Waals surface area (Å²) in [4.78, 5) is 26.0. The molecule has 1 amide bonds. The van der Waals surface area contributed by atoms with E-state index in [0.717, 1.165) is 44.0 Å². The lowest BCUT2D eigenvalue weighted by atomic mass is 9.99. The molecule has 1 aromatic carbocycles. The van der Waals surface area contributed by atoms with Crippen LogP contribution in [0.2, 0.25) is 0 Å². The average molecular weight is 352 g/mol. The minimum Gasteiger partial charge on any atom is -0.337 e. The molecule has 0 atom stereocenters. The summed E-state index contributed by atoms with van der Waals surface area (Å²) in [7, 11) is 0. The lowest BCUT2D eigenvalue weighted by Crippen LogP contribution is -2.38. The summed E-state index contributed by atoms with van der Waals surface area (Å²) in [6, 6.07) is 10.2. The van der Waals surface area contributed by atoms with E-state index in [2.05, 4.69) is 53.8 Å². The number of amides is 1.